The minimum Gasteiger partial charge on any atom is -0.348 e. The van der Waals surface area contributed by atoms with E-state index in [0.717, 1.165) is 18.4 Å². The zero-order chi connectivity index (χ0) is 12.0. The third-order valence-electron chi connectivity index (χ3n) is 3.27. The molecule has 0 aromatic heterocycles. The number of hydrogen-bond acceptors (Lipinski definition) is 3. The molecule has 0 atom stereocenters. The van der Waals surface area contributed by atoms with Crippen LogP contribution in [0.3, 0.4) is 0 Å². The quantitative estimate of drug-likeness (QED) is 0.875. The van der Waals surface area contributed by atoms with Gasteiger partial charge in [-0.3, -0.25) is 4.79 Å². The molecule has 1 aliphatic carbocycles. The molecular weight excluding hydrogens is 238 g/mol. The van der Waals surface area contributed by atoms with E-state index in [1.165, 1.54) is 0 Å². The van der Waals surface area contributed by atoms with Gasteiger partial charge in [0.05, 0.1) is 10.6 Å². The fraction of sp³-hybridized carbons (Fsp3) is 0.417. The van der Waals surface area contributed by atoms with Gasteiger partial charge >= 0.3 is 0 Å². The van der Waals surface area contributed by atoms with Crippen LogP contribution >= 0.6 is 0 Å². The summed E-state index contributed by atoms with van der Waals surface area (Å²) in [5.74, 6) is 0.465. The van der Waals surface area contributed by atoms with Crippen LogP contribution in [-0.4, -0.2) is 20.1 Å². The van der Waals surface area contributed by atoms with Crippen molar-refractivity contribution in [1.82, 2.24) is 5.32 Å². The Hall–Kier alpha value is -1.36. The molecule has 0 unspecified atom stereocenters. The van der Waals surface area contributed by atoms with Crippen LogP contribution in [0.2, 0.25) is 0 Å². The maximum absolute atomic E-state index is 12.1. The molecule has 1 aromatic rings. The van der Waals surface area contributed by atoms with E-state index < -0.39 is 9.84 Å². The summed E-state index contributed by atoms with van der Waals surface area (Å²) in [5, 5.41) is 2.68. The predicted molar refractivity (Wildman–Crippen MR) is 62.4 cm³/mol. The van der Waals surface area contributed by atoms with E-state index in [-0.39, 0.29) is 11.7 Å². The van der Waals surface area contributed by atoms with Crippen LogP contribution in [0.25, 0.3) is 0 Å². The summed E-state index contributed by atoms with van der Waals surface area (Å²) in [6.07, 6.45) is 2.04. The van der Waals surface area contributed by atoms with Gasteiger partial charge in [-0.25, -0.2) is 8.42 Å². The molecule has 1 N–H and O–H groups in total. The maximum Gasteiger partial charge on any atom is 0.251 e. The van der Waals surface area contributed by atoms with Gasteiger partial charge in [-0.15, -0.1) is 0 Å². The second-order valence-electron chi connectivity index (χ2n) is 4.73. The Balaban J connectivity index is 1.96. The van der Waals surface area contributed by atoms with Crippen LogP contribution in [0.4, 0.5) is 0 Å². The van der Waals surface area contributed by atoms with E-state index in [1.54, 1.807) is 18.2 Å². The molecule has 17 heavy (non-hydrogen) atoms. The lowest BCUT2D eigenvalue weighted by Crippen LogP contribution is -2.12. The fourth-order valence-electron chi connectivity index (χ4n) is 2.09. The molecule has 1 aliphatic heterocycles. The lowest BCUT2D eigenvalue weighted by molar-refractivity contribution is 0.0965. The molecule has 3 rings (SSSR count). The van der Waals surface area contributed by atoms with Crippen LogP contribution in [0.1, 0.15) is 28.8 Å². The Labute approximate surface area is 99.9 Å². The third kappa shape index (κ3) is 1.95. The van der Waals surface area contributed by atoms with Gasteiger partial charge in [0.15, 0.2) is 9.84 Å². The van der Waals surface area contributed by atoms with Crippen LogP contribution < -0.4 is 5.32 Å². The number of benzene rings is 1. The van der Waals surface area contributed by atoms with Gasteiger partial charge < -0.3 is 5.32 Å². The smallest absolute Gasteiger partial charge is 0.251 e. The van der Waals surface area contributed by atoms with Crippen molar-refractivity contribution < 1.29 is 13.2 Å². The molecule has 2 aliphatic rings. The third-order valence-corrected chi connectivity index (χ3v) is 5.15. The monoisotopic (exact) mass is 251 g/mol. The zero-order valence-corrected chi connectivity index (χ0v) is 10.1. The first kappa shape index (κ1) is 10.8. The highest BCUT2D eigenvalue weighted by Crippen LogP contribution is 2.32. The average molecular weight is 251 g/mol. The highest BCUT2D eigenvalue weighted by Gasteiger charge is 2.30. The van der Waals surface area contributed by atoms with E-state index in [9.17, 15) is 13.2 Å². The van der Waals surface area contributed by atoms with Crippen molar-refractivity contribution in [2.45, 2.75) is 24.3 Å². The Morgan fingerprint density at radius 3 is 2.76 bits per heavy atom. The van der Waals surface area contributed by atoms with Crippen LogP contribution in [0.15, 0.2) is 23.1 Å². The molecule has 1 saturated carbocycles. The standard InChI is InChI=1S/C12H13NO3S/c14-12-11-4-3-10(5-9(11)6-13-12)17(15,16)7-8-1-2-8/h3-5,8H,1-2,6-7H2,(H,13,14). The highest BCUT2D eigenvalue weighted by atomic mass is 32.2. The van der Waals surface area contributed by atoms with Gasteiger partial charge in [0.25, 0.3) is 5.91 Å². The topological polar surface area (TPSA) is 63.2 Å². The predicted octanol–water partition coefficient (Wildman–Crippen LogP) is 1.11. The first-order chi connectivity index (χ1) is 8.06. The molecular formula is C12H13NO3S. The SMILES string of the molecule is O=C1NCc2cc(S(=O)(=O)CC3CC3)ccc21. The number of carbonyl (C=O) groups excluding carboxylic acids is 1. The number of nitrogens with one attached hydrogen (secondary N) is 1. The Morgan fingerprint density at radius 1 is 1.29 bits per heavy atom. The van der Waals surface area contributed by atoms with Crippen LogP contribution in [0, 0.1) is 5.92 Å². The fourth-order valence-corrected chi connectivity index (χ4v) is 3.84. The molecule has 4 nitrogen and oxygen atoms in total. The summed E-state index contributed by atoms with van der Waals surface area (Å²) in [6.45, 7) is 0.432. The van der Waals surface area contributed by atoms with Gasteiger partial charge in [-0.05, 0) is 42.5 Å². The van der Waals surface area contributed by atoms with Crippen molar-refractivity contribution in [3.05, 3.63) is 29.3 Å². The van der Waals surface area contributed by atoms with Crippen molar-refractivity contribution in [3.63, 3.8) is 0 Å². The summed E-state index contributed by atoms with van der Waals surface area (Å²) in [4.78, 5) is 11.7. The van der Waals surface area contributed by atoms with Crippen molar-refractivity contribution >= 4 is 15.7 Å². The van der Waals surface area contributed by atoms with Gasteiger partial charge in [0.1, 0.15) is 0 Å². The molecule has 1 fully saturated rings. The number of hydrogen-bond donors (Lipinski definition) is 1. The first-order valence-electron chi connectivity index (χ1n) is 5.70. The second kappa shape index (κ2) is 3.57. The summed E-state index contributed by atoms with van der Waals surface area (Å²) in [5.41, 5.74) is 1.38. The first-order valence-corrected chi connectivity index (χ1v) is 7.35. The Kier molecular flexibility index (Phi) is 2.26. The zero-order valence-electron chi connectivity index (χ0n) is 9.27. The van der Waals surface area contributed by atoms with Gasteiger partial charge in [-0.1, -0.05) is 0 Å². The van der Waals surface area contributed by atoms with Crippen LogP contribution in [-0.2, 0) is 16.4 Å². The lowest BCUT2D eigenvalue weighted by Gasteiger charge is -2.04. The molecule has 0 saturated heterocycles. The van der Waals surface area contributed by atoms with E-state index in [1.807, 2.05) is 0 Å². The normalized spacial score (nSPS) is 18.9. The maximum atomic E-state index is 12.1. The summed E-state index contributed by atoms with van der Waals surface area (Å²) in [6, 6.07) is 4.78. The van der Waals surface area contributed by atoms with Gasteiger partial charge in [0, 0.05) is 12.1 Å². The summed E-state index contributed by atoms with van der Waals surface area (Å²) in [7, 11) is -3.18. The Bertz CT molecular complexity index is 588. The molecule has 1 heterocycles. The average Bonchev–Trinajstić information content (AvgIpc) is 3.01. The summed E-state index contributed by atoms with van der Waals surface area (Å²) < 4.78 is 24.1. The van der Waals surface area contributed by atoms with Crippen molar-refractivity contribution in [1.29, 1.82) is 0 Å². The van der Waals surface area contributed by atoms with E-state index in [4.69, 9.17) is 0 Å². The minimum atomic E-state index is -3.18. The van der Waals surface area contributed by atoms with Crippen molar-refractivity contribution in [2.75, 3.05) is 5.75 Å². The molecule has 1 amide bonds. The molecule has 90 valence electrons. The number of rotatable bonds is 3. The molecule has 0 radical (unpaired) electrons. The van der Waals surface area contributed by atoms with Crippen molar-refractivity contribution in [3.8, 4) is 0 Å². The molecule has 0 bridgehead atoms. The van der Waals surface area contributed by atoms with Gasteiger partial charge in [-0.2, -0.15) is 0 Å². The van der Waals surface area contributed by atoms with E-state index in [0.29, 0.717) is 22.9 Å². The number of sulfone groups is 1. The van der Waals surface area contributed by atoms with E-state index >= 15 is 0 Å². The van der Waals surface area contributed by atoms with Crippen LogP contribution in [0.5, 0.6) is 0 Å². The summed E-state index contributed by atoms with van der Waals surface area (Å²) >= 11 is 0. The largest absolute Gasteiger partial charge is 0.348 e. The van der Waals surface area contributed by atoms with Crippen molar-refractivity contribution in [2.24, 2.45) is 5.92 Å². The highest BCUT2D eigenvalue weighted by molar-refractivity contribution is 7.91. The molecule has 0 spiro atoms. The number of carbonyl (C=O) groups is 1. The minimum absolute atomic E-state index is 0.119. The Morgan fingerprint density at radius 2 is 2.06 bits per heavy atom. The van der Waals surface area contributed by atoms with E-state index in [2.05, 4.69) is 5.32 Å². The lowest BCUT2D eigenvalue weighted by atomic mass is 10.1. The number of amides is 1. The molecule has 1 aromatic carbocycles. The van der Waals surface area contributed by atoms with Gasteiger partial charge in [0.2, 0.25) is 0 Å². The number of fused-ring (bicyclic) bond motifs is 1. The second-order valence-corrected chi connectivity index (χ2v) is 6.76. The molecule has 5 heteroatoms.